The minimum Gasteiger partial charge on any atom is -0.490 e. The van der Waals surface area contributed by atoms with Gasteiger partial charge in [-0.3, -0.25) is 14.5 Å². The van der Waals surface area contributed by atoms with E-state index in [9.17, 15) is 14.9 Å². The first-order chi connectivity index (χ1) is 13.0. The van der Waals surface area contributed by atoms with Crippen LogP contribution in [0.1, 0.15) is 39.7 Å². The Bertz CT molecular complexity index is 846. The molecule has 1 aliphatic rings. The molecule has 0 saturated carbocycles. The molecule has 1 heterocycles. The SMILES string of the molecule is CCCOc1ccc(/C=C2/C(=O)N(CC)C(=O)C(C#N)=C2C)cc1OCC. The third-order valence-corrected chi connectivity index (χ3v) is 4.18. The lowest BCUT2D eigenvalue weighted by molar-refractivity contribution is -0.140. The van der Waals surface area contributed by atoms with Crippen molar-refractivity contribution in [1.82, 2.24) is 4.90 Å². The molecular formula is C21H24N2O4. The van der Waals surface area contributed by atoms with Gasteiger partial charge in [-0.25, -0.2) is 0 Å². The molecule has 0 N–H and O–H groups in total. The Hall–Kier alpha value is -3.07. The maximum absolute atomic E-state index is 12.7. The second kappa shape index (κ2) is 9.04. The van der Waals surface area contributed by atoms with E-state index in [1.165, 1.54) is 0 Å². The standard InChI is InChI=1S/C21H24N2O4/c1-5-10-27-18-9-8-15(12-19(18)26-7-3)11-16-14(4)17(13-22)21(25)23(6-2)20(16)24/h8-9,11-12H,5-7,10H2,1-4H3/b16-11+. The Morgan fingerprint density at radius 1 is 1.11 bits per heavy atom. The average Bonchev–Trinajstić information content (AvgIpc) is 2.65. The van der Waals surface area contributed by atoms with Crippen LogP contribution in [0.25, 0.3) is 6.08 Å². The van der Waals surface area contributed by atoms with Crippen LogP contribution in [0.5, 0.6) is 11.5 Å². The molecule has 1 aromatic carbocycles. The summed E-state index contributed by atoms with van der Waals surface area (Å²) in [6, 6.07) is 7.33. The molecule has 1 aliphatic heterocycles. The molecule has 0 unspecified atom stereocenters. The van der Waals surface area contributed by atoms with Crippen LogP contribution in [0, 0.1) is 11.3 Å². The molecule has 0 saturated heterocycles. The van der Waals surface area contributed by atoms with Crippen molar-refractivity contribution in [1.29, 1.82) is 5.26 Å². The highest BCUT2D eigenvalue weighted by atomic mass is 16.5. The zero-order valence-corrected chi connectivity index (χ0v) is 16.2. The fourth-order valence-electron chi connectivity index (χ4n) is 2.80. The maximum Gasteiger partial charge on any atom is 0.271 e. The lowest BCUT2D eigenvalue weighted by Crippen LogP contribution is -2.42. The van der Waals surface area contributed by atoms with E-state index in [1.807, 2.05) is 26.0 Å². The number of likely N-dealkylation sites (N-methyl/N-ethyl adjacent to an activating group) is 1. The summed E-state index contributed by atoms with van der Waals surface area (Å²) in [5, 5.41) is 9.32. The van der Waals surface area contributed by atoms with Gasteiger partial charge in [0.15, 0.2) is 11.5 Å². The molecule has 0 atom stereocenters. The van der Waals surface area contributed by atoms with E-state index in [4.69, 9.17) is 9.47 Å². The predicted molar refractivity (Wildman–Crippen MR) is 102 cm³/mol. The molecule has 1 aromatic rings. The highest BCUT2D eigenvalue weighted by Gasteiger charge is 2.34. The highest BCUT2D eigenvalue weighted by Crippen LogP contribution is 2.32. The fourth-order valence-corrected chi connectivity index (χ4v) is 2.80. The fraction of sp³-hybridized carbons (Fsp3) is 0.381. The van der Waals surface area contributed by atoms with Crippen LogP contribution in [0.4, 0.5) is 0 Å². The van der Waals surface area contributed by atoms with Gasteiger partial charge in [0.1, 0.15) is 11.6 Å². The molecule has 0 aliphatic carbocycles. The Morgan fingerprint density at radius 2 is 1.85 bits per heavy atom. The molecule has 142 valence electrons. The second-order valence-electron chi connectivity index (χ2n) is 6.01. The molecular weight excluding hydrogens is 344 g/mol. The van der Waals surface area contributed by atoms with E-state index in [0.29, 0.717) is 35.9 Å². The van der Waals surface area contributed by atoms with Crippen LogP contribution in [0.2, 0.25) is 0 Å². The zero-order valence-electron chi connectivity index (χ0n) is 16.2. The van der Waals surface area contributed by atoms with Gasteiger partial charge in [0.05, 0.1) is 13.2 Å². The molecule has 0 bridgehead atoms. The Morgan fingerprint density at radius 3 is 2.44 bits per heavy atom. The normalized spacial score (nSPS) is 16.0. The van der Waals surface area contributed by atoms with Crippen LogP contribution in [-0.2, 0) is 9.59 Å². The summed E-state index contributed by atoms with van der Waals surface area (Å²) in [6.45, 7) is 8.51. The summed E-state index contributed by atoms with van der Waals surface area (Å²) in [4.78, 5) is 26.0. The number of nitriles is 1. The molecule has 0 aromatic heterocycles. The Kier molecular flexibility index (Phi) is 6.78. The van der Waals surface area contributed by atoms with Crippen LogP contribution in [0.15, 0.2) is 34.9 Å². The van der Waals surface area contributed by atoms with Crippen molar-refractivity contribution in [2.24, 2.45) is 0 Å². The monoisotopic (exact) mass is 368 g/mol. The molecule has 0 radical (unpaired) electrons. The first-order valence-electron chi connectivity index (χ1n) is 9.07. The summed E-state index contributed by atoms with van der Waals surface area (Å²) in [5.41, 5.74) is 1.45. The van der Waals surface area contributed by atoms with E-state index in [-0.39, 0.29) is 12.1 Å². The third-order valence-electron chi connectivity index (χ3n) is 4.18. The quantitative estimate of drug-likeness (QED) is 0.544. The van der Waals surface area contributed by atoms with Gasteiger partial charge in [0.2, 0.25) is 0 Å². The van der Waals surface area contributed by atoms with Crippen molar-refractivity contribution in [3.8, 4) is 17.6 Å². The number of amides is 2. The van der Waals surface area contributed by atoms with Gasteiger partial charge in [-0.1, -0.05) is 13.0 Å². The lowest BCUT2D eigenvalue weighted by Gasteiger charge is -2.26. The molecule has 6 heteroatoms. The van der Waals surface area contributed by atoms with E-state index in [1.54, 1.807) is 32.1 Å². The van der Waals surface area contributed by atoms with Crippen molar-refractivity contribution in [3.63, 3.8) is 0 Å². The minimum atomic E-state index is -0.544. The zero-order chi connectivity index (χ0) is 20.0. The van der Waals surface area contributed by atoms with Crippen molar-refractivity contribution in [3.05, 3.63) is 40.5 Å². The molecule has 2 amide bonds. The van der Waals surface area contributed by atoms with Crippen molar-refractivity contribution < 1.29 is 19.1 Å². The van der Waals surface area contributed by atoms with Gasteiger partial charge >= 0.3 is 0 Å². The van der Waals surface area contributed by atoms with Crippen LogP contribution in [0.3, 0.4) is 0 Å². The van der Waals surface area contributed by atoms with E-state index < -0.39 is 11.8 Å². The molecule has 2 rings (SSSR count). The highest BCUT2D eigenvalue weighted by molar-refractivity contribution is 6.19. The van der Waals surface area contributed by atoms with E-state index >= 15 is 0 Å². The van der Waals surface area contributed by atoms with Gasteiger partial charge in [-0.2, -0.15) is 5.26 Å². The Balaban J connectivity index is 2.51. The number of benzene rings is 1. The number of rotatable bonds is 7. The van der Waals surface area contributed by atoms with Gasteiger partial charge in [0, 0.05) is 12.1 Å². The molecule has 0 spiro atoms. The summed E-state index contributed by atoms with van der Waals surface area (Å²) >= 11 is 0. The van der Waals surface area contributed by atoms with Crippen LogP contribution in [-0.4, -0.2) is 36.5 Å². The number of carbonyl (C=O) groups excluding carboxylic acids is 2. The smallest absolute Gasteiger partial charge is 0.271 e. The van der Waals surface area contributed by atoms with E-state index in [0.717, 1.165) is 16.9 Å². The summed E-state index contributed by atoms with van der Waals surface area (Å²) in [7, 11) is 0. The molecule has 6 nitrogen and oxygen atoms in total. The van der Waals surface area contributed by atoms with Crippen molar-refractivity contribution in [2.45, 2.75) is 34.1 Å². The summed E-state index contributed by atoms with van der Waals surface area (Å²) < 4.78 is 11.3. The van der Waals surface area contributed by atoms with Crippen LogP contribution >= 0.6 is 0 Å². The number of imide groups is 1. The molecule has 0 fully saturated rings. The lowest BCUT2D eigenvalue weighted by atomic mass is 9.93. The summed E-state index contributed by atoms with van der Waals surface area (Å²) in [5.74, 6) is 0.293. The maximum atomic E-state index is 12.7. The summed E-state index contributed by atoms with van der Waals surface area (Å²) in [6.07, 6.45) is 2.56. The van der Waals surface area contributed by atoms with Gasteiger partial charge in [0.25, 0.3) is 11.8 Å². The number of hydrogen-bond donors (Lipinski definition) is 0. The number of nitrogens with zero attached hydrogens (tertiary/aromatic N) is 2. The second-order valence-corrected chi connectivity index (χ2v) is 6.01. The minimum absolute atomic E-state index is 0.00405. The van der Waals surface area contributed by atoms with Gasteiger partial charge in [-0.05, 0) is 56.5 Å². The predicted octanol–water partition coefficient (Wildman–Crippen LogP) is 3.49. The van der Waals surface area contributed by atoms with Crippen molar-refractivity contribution in [2.75, 3.05) is 19.8 Å². The van der Waals surface area contributed by atoms with Crippen molar-refractivity contribution >= 4 is 17.9 Å². The average molecular weight is 368 g/mol. The van der Waals surface area contributed by atoms with Gasteiger partial charge in [-0.15, -0.1) is 0 Å². The van der Waals surface area contributed by atoms with Crippen LogP contribution < -0.4 is 9.47 Å². The first kappa shape index (κ1) is 20.2. The Labute approximate surface area is 159 Å². The topological polar surface area (TPSA) is 79.6 Å². The largest absolute Gasteiger partial charge is 0.490 e. The van der Waals surface area contributed by atoms with E-state index in [2.05, 4.69) is 0 Å². The molecule has 27 heavy (non-hydrogen) atoms. The first-order valence-corrected chi connectivity index (χ1v) is 9.07. The number of carbonyl (C=O) groups is 2. The number of ether oxygens (including phenoxy) is 2. The van der Waals surface area contributed by atoms with Gasteiger partial charge < -0.3 is 9.47 Å². The number of hydrogen-bond acceptors (Lipinski definition) is 5. The third kappa shape index (κ3) is 4.20.